The highest BCUT2D eigenvalue weighted by molar-refractivity contribution is 7.64. The van der Waals surface area contributed by atoms with Crippen LogP contribution in [0.2, 0.25) is 0 Å². The van der Waals surface area contributed by atoms with Crippen LogP contribution in [-0.2, 0) is 20.3 Å². The van der Waals surface area contributed by atoms with Crippen LogP contribution in [0.4, 0.5) is 5.69 Å². The van der Waals surface area contributed by atoms with E-state index < -0.39 is 30.1 Å². The summed E-state index contributed by atoms with van der Waals surface area (Å²) >= 11 is 6.62. The van der Waals surface area contributed by atoms with Crippen LogP contribution in [0.25, 0.3) is 0 Å². The molecule has 4 aliphatic rings. The van der Waals surface area contributed by atoms with Crippen molar-refractivity contribution in [3.8, 4) is 0 Å². The fourth-order valence-electron chi connectivity index (χ4n) is 5.45. The number of carbonyl (C=O) groups is 2. The predicted molar refractivity (Wildman–Crippen MR) is 114 cm³/mol. The summed E-state index contributed by atoms with van der Waals surface area (Å²) in [6, 6.07) is 18.7. The molecule has 0 N–H and O–H groups in total. The van der Waals surface area contributed by atoms with Crippen LogP contribution < -0.4 is 4.90 Å². The highest BCUT2D eigenvalue weighted by Gasteiger charge is 2.68. The van der Waals surface area contributed by atoms with E-state index in [4.69, 9.17) is 11.6 Å². The molecule has 148 valence electrons. The van der Waals surface area contributed by atoms with Crippen molar-refractivity contribution in [2.75, 3.05) is 11.1 Å². The zero-order valence-corrected chi connectivity index (χ0v) is 17.6. The van der Waals surface area contributed by atoms with E-state index in [1.54, 1.807) is 24.3 Å². The molecular formula is C23H21ClNO3P. The summed E-state index contributed by atoms with van der Waals surface area (Å²) < 4.78 is 14.2. The lowest BCUT2D eigenvalue weighted by molar-refractivity contribution is -0.123. The average molecular weight is 426 g/mol. The molecule has 2 saturated heterocycles. The van der Waals surface area contributed by atoms with Crippen LogP contribution in [-0.4, -0.2) is 23.6 Å². The second-order valence-electron chi connectivity index (χ2n) is 8.53. The Morgan fingerprint density at radius 3 is 2.31 bits per heavy atom. The number of nitrogens with zero attached hydrogens (tertiary/aromatic N) is 1. The Kier molecular flexibility index (Phi) is 4.17. The van der Waals surface area contributed by atoms with Crippen LogP contribution >= 0.6 is 18.7 Å². The number of benzene rings is 2. The maximum Gasteiger partial charge on any atom is 0.238 e. The van der Waals surface area contributed by atoms with E-state index in [9.17, 15) is 14.2 Å². The Morgan fingerprint density at radius 1 is 1.03 bits per heavy atom. The van der Waals surface area contributed by atoms with E-state index in [1.807, 2.05) is 49.4 Å². The van der Waals surface area contributed by atoms with Gasteiger partial charge >= 0.3 is 0 Å². The molecule has 3 heterocycles. The number of rotatable bonds is 3. The third-order valence-corrected chi connectivity index (χ3v) is 10.9. The number of anilines is 1. The van der Waals surface area contributed by atoms with Gasteiger partial charge in [0.05, 0.1) is 17.5 Å². The van der Waals surface area contributed by atoms with Gasteiger partial charge in [0, 0.05) is 28.4 Å². The molecule has 3 aliphatic heterocycles. The summed E-state index contributed by atoms with van der Waals surface area (Å²) in [4.78, 5) is 28.1. The first-order valence-electron chi connectivity index (χ1n) is 9.77. The largest absolute Gasteiger partial charge is 0.323 e. The van der Waals surface area contributed by atoms with Crippen LogP contribution in [0.3, 0.4) is 0 Å². The highest BCUT2D eigenvalue weighted by atomic mass is 35.5. The summed E-state index contributed by atoms with van der Waals surface area (Å²) in [5, 5.41) is 0.569. The van der Waals surface area contributed by atoms with Gasteiger partial charge in [0.2, 0.25) is 11.8 Å². The van der Waals surface area contributed by atoms with Crippen molar-refractivity contribution in [3.05, 3.63) is 77.3 Å². The molecule has 6 rings (SSSR count). The number of amides is 2. The van der Waals surface area contributed by atoms with Crippen LogP contribution in [0, 0.1) is 17.3 Å². The molecular weight excluding hydrogens is 405 g/mol. The molecule has 2 fully saturated rings. The topological polar surface area (TPSA) is 54.5 Å². The third kappa shape index (κ3) is 2.62. The molecule has 2 aromatic carbocycles. The summed E-state index contributed by atoms with van der Waals surface area (Å²) in [6.07, 6.45) is 2.60. The normalized spacial score (nSPS) is 35.6. The fraction of sp³-hybridized carbons (Fsp3) is 0.304. The molecule has 4 nitrogen and oxygen atoms in total. The molecule has 1 unspecified atom stereocenters. The monoisotopic (exact) mass is 425 g/mol. The smallest absolute Gasteiger partial charge is 0.238 e. The average Bonchev–Trinajstić information content (AvgIpc) is 2.97. The highest BCUT2D eigenvalue weighted by Crippen LogP contribution is 2.73. The lowest BCUT2D eigenvalue weighted by Gasteiger charge is -2.52. The van der Waals surface area contributed by atoms with Crippen LogP contribution in [0.1, 0.15) is 12.5 Å². The van der Waals surface area contributed by atoms with Crippen molar-refractivity contribution in [2.24, 2.45) is 17.3 Å². The lowest BCUT2D eigenvalue weighted by Crippen LogP contribution is -2.51. The van der Waals surface area contributed by atoms with Crippen molar-refractivity contribution in [1.29, 1.82) is 0 Å². The second kappa shape index (κ2) is 6.42. The Labute approximate surface area is 174 Å². The van der Waals surface area contributed by atoms with Gasteiger partial charge in [0.15, 0.2) is 0 Å². The second-order valence-corrected chi connectivity index (χ2v) is 12.1. The predicted octanol–water partition coefficient (Wildman–Crippen LogP) is 4.88. The number of fused-ring (bicyclic) bond motifs is 1. The molecule has 2 aromatic rings. The minimum absolute atomic E-state index is 0.226. The first kappa shape index (κ1) is 18.8. The van der Waals surface area contributed by atoms with Gasteiger partial charge in [-0.3, -0.25) is 9.59 Å². The number of para-hydroxylation sites is 1. The van der Waals surface area contributed by atoms with E-state index in [0.717, 1.165) is 5.56 Å². The Balaban J connectivity index is 1.60. The summed E-state index contributed by atoms with van der Waals surface area (Å²) in [5.74, 6) is -1.65. The molecule has 5 atom stereocenters. The van der Waals surface area contributed by atoms with Crippen molar-refractivity contribution < 1.29 is 14.2 Å². The first-order chi connectivity index (χ1) is 13.8. The maximum absolute atomic E-state index is 14.2. The number of hydrogen-bond donors (Lipinski definition) is 0. The molecule has 1 aliphatic carbocycles. The SMILES string of the molecule is C[C@@]12CP(=O)(Cc3ccccc3)[C@@H](C=C1Cl)[C@H]1C(=O)N(c3ccccc3)C(=O)[C@H]12. The number of halogens is 1. The molecule has 0 spiro atoms. The van der Waals surface area contributed by atoms with E-state index in [2.05, 4.69) is 0 Å². The number of allylic oxidation sites excluding steroid dienone is 2. The van der Waals surface area contributed by atoms with Gasteiger partial charge in [-0.1, -0.05) is 73.1 Å². The van der Waals surface area contributed by atoms with E-state index >= 15 is 0 Å². The quantitative estimate of drug-likeness (QED) is 0.520. The minimum Gasteiger partial charge on any atom is -0.323 e. The van der Waals surface area contributed by atoms with Crippen molar-refractivity contribution >= 4 is 36.2 Å². The van der Waals surface area contributed by atoms with Crippen molar-refractivity contribution in [3.63, 3.8) is 0 Å². The molecule has 2 bridgehead atoms. The van der Waals surface area contributed by atoms with Gasteiger partial charge in [0.1, 0.15) is 7.14 Å². The van der Waals surface area contributed by atoms with E-state index in [0.29, 0.717) is 23.0 Å². The molecule has 0 saturated carbocycles. The van der Waals surface area contributed by atoms with Crippen molar-refractivity contribution in [1.82, 2.24) is 0 Å². The van der Waals surface area contributed by atoms with Gasteiger partial charge in [-0.2, -0.15) is 0 Å². The Morgan fingerprint density at radius 2 is 1.66 bits per heavy atom. The lowest BCUT2D eigenvalue weighted by atomic mass is 9.67. The van der Waals surface area contributed by atoms with Crippen molar-refractivity contribution in [2.45, 2.75) is 18.7 Å². The van der Waals surface area contributed by atoms with Gasteiger partial charge in [-0.05, 0) is 17.7 Å². The Bertz CT molecular complexity index is 1080. The maximum atomic E-state index is 14.2. The standard InChI is InChI=1S/C23H21ClNO3P/c1-23-14-29(28,13-15-8-4-2-5-9-15)17(12-18(23)24)19-20(23)22(27)25(21(19)26)16-10-6-3-7-11-16/h2-12,17,19-20H,13-14H2,1H3/t17-,19+,20-,23+,29?/m0/s1. The number of carbonyl (C=O) groups excluding carboxylic acids is 2. The zero-order chi connectivity index (χ0) is 20.4. The van der Waals surface area contributed by atoms with Gasteiger partial charge < -0.3 is 4.57 Å². The molecule has 0 radical (unpaired) electrons. The minimum atomic E-state index is -2.81. The number of hydrogen-bond acceptors (Lipinski definition) is 3. The molecule has 2 amide bonds. The molecule has 0 aromatic heterocycles. The third-order valence-electron chi connectivity index (χ3n) is 6.72. The Hall–Kier alpha value is -2.16. The van der Waals surface area contributed by atoms with Gasteiger partial charge in [0.25, 0.3) is 0 Å². The summed E-state index contributed by atoms with van der Waals surface area (Å²) in [6.45, 7) is 1.90. The first-order valence-corrected chi connectivity index (χ1v) is 12.3. The zero-order valence-electron chi connectivity index (χ0n) is 16.0. The van der Waals surface area contributed by atoms with E-state index in [-0.39, 0.29) is 11.8 Å². The molecule has 6 heteroatoms. The summed E-state index contributed by atoms with van der Waals surface area (Å²) in [7, 11) is -2.81. The van der Waals surface area contributed by atoms with Crippen LogP contribution in [0.15, 0.2) is 71.8 Å². The van der Waals surface area contributed by atoms with Gasteiger partial charge in [-0.25, -0.2) is 4.90 Å². The summed E-state index contributed by atoms with van der Waals surface area (Å²) in [5.41, 5.74) is 0.285. The van der Waals surface area contributed by atoms with E-state index in [1.165, 1.54) is 4.90 Å². The van der Waals surface area contributed by atoms with Crippen LogP contribution in [0.5, 0.6) is 0 Å². The number of imide groups is 1. The van der Waals surface area contributed by atoms with Gasteiger partial charge in [-0.15, -0.1) is 0 Å². The fourth-order valence-corrected chi connectivity index (χ4v) is 10.1. The molecule has 29 heavy (non-hydrogen) atoms.